The maximum Gasteiger partial charge on any atom is 0.264 e. The first-order valence-electron chi connectivity index (χ1n) is 23.0. The van der Waals surface area contributed by atoms with Gasteiger partial charge in [-0.1, -0.05) is 75.4 Å². The number of aliphatic hydroxyl groups is 1. The molecule has 6 aromatic carbocycles. The van der Waals surface area contributed by atoms with Crippen molar-refractivity contribution >= 4 is 40.7 Å². The van der Waals surface area contributed by atoms with Gasteiger partial charge in [0, 0.05) is 53.0 Å². The summed E-state index contributed by atoms with van der Waals surface area (Å²) in [7, 11) is 4.74. The lowest BCUT2D eigenvalue weighted by Crippen LogP contribution is -2.45. The Labute approximate surface area is 403 Å². The third-order valence-electron chi connectivity index (χ3n) is 13.7. The largest absolute Gasteiger partial charge is 0.497 e. The first-order chi connectivity index (χ1) is 33.3. The standard InChI is InChI=1S/C56H58N4O9/c1-36-51(55(2,3)41-18-27-46(68-6)28-19-41)49(33-50(62)59(30-31-61)34-37-10-8-7-9-11-37)69-56(36)47-32-43(58-53(64)40-16-25-45(67-5)26-17-40)22-29-48(47)60(54(56)65)35-38-12-20-42(21-13-38)57-52(63)39-14-23-44(66-4)24-15-39/h7-29,32,36,49,51,61H,30-31,33-35H2,1-6H3,(H,57,63)(H,58,64)/t36-,49+,51-,56+/m0/s1. The number of nitrogens with one attached hydrogen (secondary N) is 2. The smallest absolute Gasteiger partial charge is 0.264 e. The SMILES string of the molecule is COc1ccc(C(=O)Nc2ccc(CN3C(=O)[C@]4(O[C@H](CC(=O)N(CCO)Cc5ccccc5)[C@@H](C(C)(C)c5ccc(OC)cc5)[C@@H]4C)c4cc(NC(=O)c5ccc(OC)cc5)ccc43)cc2)cc1. The highest BCUT2D eigenvalue weighted by molar-refractivity contribution is 6.09. The normalized spacial score (nSPS) is 18.4. The van der Waals surface area contributed by atoms with Gasteiger partial charge in [0.05, 0.1) is 52.7 Å². The number of hydrogen-bond donors (Lipinski definition) is 3. The second kappa shape index (κ2) is 20.4. The molecule has 8 rings (SSSR count). The first kappa shape index (κ1) is 48.0. The molecule has 2 heterocycles. The number of carbonyl (C=O) groups excluding carboxylic acids is 4. The maximum absolute atomic E-state index is 15.7. The zero-order valence-corrected chi connectivity index (χ0v) is 39.7. The summed E-state index contributed by atoms with van der Waals surface area (Å²) < 4.78 is 23.4. The van der Waals surface area contributed by atoms with E-state index in [9.17, 15) is 19.5 Å². The molecule has 0 aliphatic carbocycles. The number of fused-ring (bicyclic) bond motifs is 2. The van der Waals surface area contributed by atoms with Gasteiger partial charge < -0.3 is 44.5 Å². The summed E-state index contributed by atoms with van der Waals surface area (Å²) >= 11 is 0. The fourth-order valence-electron chi connectivity index (χ4n) is 10.0. The summed E-state index contributed by atoms with van der Waals surface area (Å²) in [5.74, 6) is -0.132. The number of aliphatic hydroxyl groups excluding tert-OH is 1. The molecule has 1 spiro atoms. The molecule has 69 heavy (non-hydrogen) atoms. The lowest BCUT2D eigenvalue weighted by Gasteiger charge is -2.39. The molecule has 0 saturated carbocycles. The minimum Gasteiger partial charge on any atom is -0.497 e. The van der Waals surface area contributed by atoms with Gasteiger partial charge in [0.2, 0.25) is 5.91 Å². The number of rotatable bonds is 17. The highest BCUT2D eigenvalue weighted by Gasteiger charge is 2.66. The highest BCUT2D eigenvalue weighted by atomic mass is 16.5. The van der Waals surface area contributed by atoms with Crippen LogP contribution in [0.3, 0.4) is 0 Å². The molecule has 13 heteroatoms. The van der Waals surface area contributed by atoms with Crippen LogP contribution in [0.2, 0.25) is 0 Å². The van der Waals surface area contributed by atoms with Crippen molar-refractivity contribution in [2.45, 2.75) is 57.4 Å². The van der Waals surface area contributed by atoms with Crippen molar-refractivity contribution in [3.63, 3.8) is 0 Å². The molecule has 1 saturated heterocycles. The van der Waals surface area contributed by atoms with Gasteiger partial charge in [0.1, 0.15) is 17.2 Å². The van der Waals surface area contributed by atoms with E-state index < -0.39 is 29.0 Å². The third kappa shape index (κ3) is 9.79. The minimum absolute atomic E-state index is 0.0661. The Kier molecular flexibility index (Phi) is 14.2. The molecule has 2 aliphatic heterocycles. The number of carbonyl (C=O) groups is 4. The molecule has 0 radical (unpaired) electrons. The van der Waals surface area contributed by atoms with Crippen LogP contribution in [0.15, 0.2) is 146 Å². The fraction of sp³-hybridized carbons (Fsp3) is 0.286. The predicted octanol–water partition coefficient (Wildman–Crippen LogP) is 9.00. The number of anilines is 3. The summed E-state index contributed by atoms with van der Waals surface area (Å²) in [5, 5.41) is 16.1. The van der Waals surface area contributed by atoms with E-state index in [1.54, 1.807) is 97.9 Å². The number of benzene rings is 6. The predicted molar refractivity (Wildman–Crippen MR) is 265 cm³/mol. The van der Waals surface area contributed by atoms with E-state index in [1.807, 2.05) is 85.8 Å². The Balaban J connectivity index is 1.17. The van der Waals surface area contributed by atoms with Crippen molar-refractivity contribution in [2.75, 3.05) is 50.0 Å². The number of nitrogens with zero attached hydrogens (tertiary/aromatic N) is 2. The molecule has 6 aromatic rings. The maximum atomic E-state index is 15.7. The van der Waals surface area contributed by atoms with E-state index in [0.29, 0.717) is 51.0 Å². The van der Waals surface area contributed by atoms with E-state index in [4.69, 9.17) is 18.9 Å². The zero-order chi connectivity index (χ0) is 48.9. The first-order valence-corrected chi connectivity index (χ1v) is 23.0. The highest BCUT2D eigenvalue weighted by Crippen LogP contribution is 2.60. The van der Waals surface area contributed by atoms with Crippen molar-refractivity contribution < 1.29 is 43.2 Å². The number of methoxy groups -OCH3 is 3. The van der Waals surface area contributed by atoms with E-state index in [2.05, 4.69) is 24.5 Å². The average Bonchev–Trinajstić information content (AvgIpc) is 3.79. The van der Waals surface area contributed by atoms with Crippen LogP contribution in [0.25, 0.3) is 0 Å². The Morgan fingerprint density at radius 3 is 1.80 bits per heavy atom. The molecule has 0 unspecified atom stereocenters. The van der Waals surface area contributed by atoms with Gasteiger partial charge in [-0.3, -0.25) is 19.2 Å². The van der Waals surface area contributed by atoms with Gasteiger partial charge in [-0.2, -0.15) is 0 Å². The Morgan fingerprint density at radius 2 is 1.25 bits per heavy atom. The second-order valence-corrected chi connectivity index (χ2v) is 18.1. The molecular formula is C56H58N4O9. The van der Waals surface area contributed by atoms with E-state index in [1.165, 1.54) is 0 Å². The van der Waals surface area contributed by atoms with Crippen LogP contribution in [0.1, 0.15) is 70.2 Å². The van der Waals surface area contributed by atoms with Gasteiger partial charge in [0.15, 0.2) is 5.60 Å². The number of amides is 4. The average molecular weight is 931 g/mol. The quantitative estimate of drug-likeness (QED) is 0.0813. The second-order valence-electron chi connectivity index (χ2n) is 18.1. The van der Waals surface area contributed by atoms with Gasteiger partial charge in [0.25, 0.3) is 17.7 Å². The molecule has 1 fully saturated rings. The summed E-state index contributed by atoms with van der Waals surface area (Å²) in [4.78, 5) is 60.5. The Hall–Kier alpha value is -7.48. The summed E-state index contributed by atoms with van der Waals surface area (Å²) in [6.07, 6.45) is -0.840. The fourth-order valence-corrected chi connectivity index (χ4v) is 10.0. The van der Waals surface area contributed by atoms with E-state index in [0.717, 1.165) is 16.7 Å². The minimum atomic E-state index is -1.59. The zero-order valence-electron chi connectivity index (χ0n) is 39.7. The molecule has 3 N–H and O–H groups in total. The number of hydrogen-bond acceptors (Lipinski definition) is 9. The molecular weight excluding hydrogens is 873 g/mol. The third-order valence-corrected chi connectivity index (χ3v) is 13.7. The van der Waals surface area contributed by atoms with Crippen LogP contribution < -0.4 is 29.7 Å². The summed E-state index contributed by atoms with van der Waals surface area (Å²) in [6.45, 7) is 6.58. The van der Waals surface area contributed by atoms with Crippen LogP contribution in [-0.4, -0.2) is 74.2 Å². The number of ether oxygens (including phenoxy) is 4. The molecule has 356 valence electrons. The molecule has 0 aromatic heterocycles. The molecule has 4 amide bonds. The van der Waals surface area contributed by atoms with Crippen LogP contribution in [-0.2, 0) is 38.4 Å². The monoisotopic (exact) mass is 930 g/mol. The lowest BCUT2D eigenvalue weighted by atomic mass is 9.63. The molecule has 0 bridgehead atoms. The van der Waals surface area contributed by atoms with Crippen LogP contribution in [0.4, 0.5) is 17.1 Å². The van der Waals surface area contributed by atoms with Gasteiger partial charge in [-0.15, -0.1) is 0 Å². The van der Waals surface area contributed by atoms with Crippen molar-refractivity contribution in [3.05, 3.63) is 179 Å². The van der Waals surface area contributed by atoms with Crippen molar-refractivity contribution in [1.29, 1.82) is 0 Å². The Bertz CT molecular complexity index is 2780. The van der Waals surface area contributed by atoms with Crippen LogP contribution in [0, 0.1) is 11.8 Å². The van der Waals surface area contributed by atoms with E-state index >= 15 is 4.79 Å². The molecule has 13 nitrogen and oxygen atoms in total. The van der Waals surface area contributed by atoms with Crippen molar-refractivity contribution in [3.8, 4) is 17.2 Å². The molecule has 2 aliphatic rings. The molecule has 4 atom stereocenters. The van der Waals surface area contributed by atoms with Gasteiger partial charge >= 0.3 is 0 Å². The Morgan fingerprint density at radius 1 is 0.710 bits per heavy atom. The van der Waals surface area contributed by atoms with Crippen LogP contribution >= 0.6 is 0 Å². The summed E-state index contributed by atoms with van der Waals surface area (Å²) in [5.41, 5.74) is 3.51. The van der Waals surface area contributed by atoms with Gasteiger partial charge in [-0.05, 0) is 113 Å². The topological polar surface area (TPSA) is 156 Å². The lowest BCUT2D eigenvalue weighted by molar-refractivity contribution is -0.150. The van der Waals surface area contributed by atoms with Gasteiger partial charge in [-0.25, -0.2) is 0 Å². The van der Waals surface area contributed by atoms with Crippen molar-refractivity contribution in [1.82, 2.24) is 4.90 Å². The van der Waals surface area contributed by atoms with Crippen molar-refractivity contribution in [2.24, 2.45) is 11.8 Å². The summed E-state index contributed by atoms with van der Waals surface area (Å²) in [6, 6.07) is 43.8. The van der Waals surface area contributed by atoms with Crippen LogP contribution in [0.5, 0.6) is 17.2 Å². The van der Waals surface area contributed by atoms with E-state index in [-0.39, 0.29) is 56.3 Å².